The third-order valence-corrected chi connectivity index (χ3v) is 5.71. The highest BCUT2D eigenvalue weighted by Crippen LogP contribution is 2.30. The quantitative estimate of drug-likeness (QED) is 0.770. The van der Waals surface area contributed by atoms with Crippen LogP contribution in [0.3, 0.4) is 0 Å². The zero-order valence-corrected chi connectivity index (χ0v) is 16.9. The minimum atomic E-state index is -0.251. The van der Waals surface area contributed by atoms with Gasteiger partial charge in [-0.25, -0.2) is 4.39 Å². The summed E-state index contributed by atoms with van der Waals surface area (Å²) in [4.78, 5) is 27.0. The van der Waals surface area contributed by atoms with Crippen LogP contribution >= 0.6 is 0 Å². The fraction of sp³-hybridized carbons (Fsp3) is 0.417. The van der Waals surface area contributed by atoms with E-state index in [-0.39, 0.29) is 29.5 Å². The van der Waals surface area contributed by atoms with Gasteiger partial charge in [0.1, 0.15) is 5.82 Å². The van der Waals surface area contributed by atoms with Crippen molar-refractivity contribution in [2.24, 2.45) is 11.8 Å². The Balaban J connectivity index is 1.39. The molecule has 0 unspecified atom stereocenters. The number of rotatable bonds is 7. The summed E-state index contributed by atoms with van der Waals surface area (Å²) in [6.07, 6.45) is 3.70. The summed E-state index contributed by atoms with van der Waals surface area (Å²) in [6.45, 7) is 1.16. The van der Waals surface area contributed by atoms with Gasteiger partial charge in [0.15, 0.2) is 0 Å². The number of halogens is 1. The van der Waals surface area contributed by atoms with Crippen LogP contribution in [0.2, 0.25) is 0 Å². The van der Waals surface area contributed by atoms with Gasteiger partial charge in [0.2, 0.25) is 11.8 Å². The van der Waals surface area contributed by atoms with Crippen molar-refractivity contribution in [2.75, 3.05) is 13.6 Å². The molecule has 154 valence electrons. The Kier molecular flexibility index (Phi) is 7.39. The maximum atomic E-state index is 12.9. The van der Waals surface area contributed by atoms with E-state index >= 15 is 0 Å². The van der Waals surface area contributed by atoms with Gasteiger partial charge in [0.25, 0.3) is 0 Å². The maximum Gasteiger partial charge on any atom is 0.225 e. The molecule has 1 saturated carbocycles. The average Bonchev–Trinajstić information content (AvgIpc) is 2.75. The number of hydrogen-bond acceptors (Lipinski definition) is 2. The van der Waals surface area contributed by atoms with Crippen LogP contribution in [0.4, 0.5) is 4.39 Å². The number of hydrogen-bond donors (Lipinski definition) is 1. The van der Waals surface area contributed by atoms with E-state index in [0.717, 1.165) is 36.8 Å². The number of benzene rings is 2. The van der Waals surface area contributed by atoms with Crippen LogP contribution in [-0.4, -0.2) is 30.3 Å². The second-order valence-corrected chi connectivity index (χ2v) is 7.90. The first-order valence-corrected chi connectivity index (χ1v) is 10.3. The zero-order valence-electron chi connectivity index (χ0n) is 16.9. The molecular formula is C24H29FN2O2. The molecule has 1 aliphatic carbocycles. The van der Waals surface area contributed by atoms with Gasteiger partial charge in [-0.1, -0.05) is 42.5 Å². The van der Waals surface area contributed by atoms with E-state index < -0.39 is 0 Å². The summed E-state index contributed by atoms with van der Waals surface area (Å²) >= 11 is 0. The molecule has 3 rings (SSSR count). The molecule has 5 heteroatoms. The average molecular weight is 397 g/mol. The van der Waals surface area contributed by atoms with Crippen LogP contribution in [0, 0.1) is 17.7 Å². The van der Waals surface area contributed by atoms with E-state index in [0.29, 0.717) is 19.5 Å². The van der Waals surface area contributed by atoms with E-state index in [2.05, 4.69) is 5.32 Å². The minimum absolute atomic E-state index is 0.00646. The second kappa shape index (κ2) is 10.2. The third-order valence-electron chi connectivity index (χ3n) is 5.71. The molecule has 1 aliphatic rings. The van der Waals surface area contributed by atoms with Crippen molar-refractivity contribution in [1.29, 1.82) is 0 Å². The lowest BCUT2D eigenvalue weighted by Crippen LogP contribution is -2.38. The minimum Gasteiger partial charge on any atom is -0.356 e. The van der Waals surface area contributed by atoms with Crippen LogP contribution in [0.5, 0.6) is 0 Å². The molecule has 1 fully saturated rings. The summed E-state index contributed by atoms with van der Waals surface area (Å²) < 4.78 is 12.9. The van der Waals surface area contributed by atoms with Crippen LogP contribution in [0.15, 0.2) is 54.6 Å². The Hall–Kier alpha value is -2.69. The fourth-order valence-corrected chi connectivity index (χ4v) is 3.97. The van der Waals surface area contributed by atoms with Crippen molar-refractivity contribution in [2.45, 2.75) is 38.6 Å². The highest BCUT2D eigenvalue weighted by atomic mass is 19.1. The van der Waals surface area contributed by atoms with Gasteiger partial charge < -0.3 is 10.2 Å². The molecule has 0 heterocycles. The monoisotopic (exact) mass is 396 g/mol. The molecule has 0 spiro atoms. The van der Waals surface area contributed by atoms with Crippen molar-refractivity contribution in [3.05, 3.63) is 71.5 Å². The lowest BCUT2D eigenvalue weighted by Gasteiger charge is -2.30. The molecule has 2 amide bonds. The van der Waals surface area contributed by atoms with Crippen LogP contribution in [0.1, 0.15) is 36.8 Å². The van der Waals surface area contributed by atoms with E-state index in [1.807, 2.05) is 37.4 Å². The van der Waals surface area contributed by atoms with Gasteiger partial charge in [-0.15, -0.1) is 0 Å². The van der Waals surface area contributed by atoms with E-state index in [9.17, 15) is 14.0 Å². The summed E-state index contributed by atoms with van der Waals surface area (Å²) in [5.41, 5.74) is 2.13. The fourth-order valence-electron chi connectivity index (χ4n) is 3.97. The molecule has 2 aromatic carbocycles. The van der Waals surface area contributed by atoms with Crippen molar-refractivity contribution in [3.63, 3.8) is 0 Å². The predicted octanol–water partition coefficient (Wildman–Crippen LogP) is 3.95. The SMILES string of the molecule is CN(Cc1ccccc1)C(=O)C1CCC(C(=O)NCCc2ccc(F)cc2)CC1. The molecule has 2 aromatic rings. The van der Waals surface area contributed by atoms with Crippen molar-refractivity contribution in [1.82, 2.24) is 10.2 Å². The normalized spacial score (nSPS) is 18.8. The summed E-state index contributed by atoms with van der Waals surface area (Å²) in [7, 11) is 1.85. The predicted molar refractivity (Wildman–Crippen MR) is 111 cm³/mol. The van der Waals surface area contributed by atoms with E-state index in [4.69, 9.17) is 0 Å². The number of nitrogens with one attached hydrogen (secondary N) is 1. The van der Waals surface area contributed by atoms with Crippen molar-refractivity contribution in [3.8, 4) is 0 Å². The molecule has 0 aromatic heterocycles. The molecule has 29 heavy (non-hydrogen) atoms. The van der Waals surface area contributed by atoms with Gasteiger partial charge in [-0.2, -0.15) is 0 Å². The van der Waals surface area contributed by atoms with E-state index in [1.165, 1.54) is 12.1 Å². The Morgan fingerprint density at radius 1 is 0.931 bits per heavy atom. The highest BCUT2D eigenvalue weighted by Gasteiger charge is 2.31. The largest absolute Gasteiger partial charge is 0.356 e. The highest BCUT2D eigenvalue weighted by molar-refractivity contribution is 5.81. The molecule has 1 N–H and O–H groups in total. The summed E-state index contributed by atoms with van der Waals surface area (Å²) in [5.74, 6) is -0.0307. The Labute approximate surface area is 172 Å². The standard InChI is InChI=1S/C24H29FN2O2/c1-27(17-19-5-3-2-4-6-19)24(29)21-11-9-20(10-12-21)23(28)26-16-15-18-7-13-22(25)14-8-18/h2-8,13-14,20-21H,9-12,15-17H2,1H3,(H,26,28). The number of carbonyl (C=O) groups is 2. The van der Waals surface area contributed by atoms with Gasteiger partial charge in [0.05, 0.1) is 0 Å². The van der Waals surface area contributed by atoms with E-state index in [1.54, 1.807) is 17.0 Å². The number of nitrogens with zero attached hydrogens (tertiary/aromatic N) is 1. The van der Waals surface area contributed by atoms with Crippen molar-refractivity contribution >= 4 is 11.8 Å². The van der Waals surface area contributed by atoms with Crippen LogP contribution in [0.25, 0.3) is 0 Å². The van der Waals surface area contributed by atoms with Gasteiger partial charge in [-0.05, 0) is 55.4 Å². The Bertz CT molecular complexity index is 799. The van der Waals surface area contributed by atoms with Crippen LogP contribution in [-0.2, 0) is 22.6 Å². The van der Waals surface area contributed by atoms with Gasteiger partial charge in [0, 0.05) is 32.0 Å². The molecular weight excluding hydrogens is 367 g/mol. The summed E-state index contributed by atoms with van der Waals surface area (Å²) in [5, 5.41) is 2.99. The van der Waals surface area contributed by atoms with Crippen molar-refractivity contribution < 1.29 is 14.0 Å². The first kappa shape index (κ1) is 21.0. The molecule has 0 atom stereocenters. The van der Waals surface area contributed by atoms with Gasteiger partial charge in [-0.3, -0.25) is 9.59 Å². The zero-order chi connectivity index (χ0) is 20.6. The first-order chi connectivity index (χ1) is 14.0. The Morgan fingerprint density at radius 2 is 1.55 bits per heavy atom. The molecule has 0 aliphatic heterocycles. The smallest absolute Gasteiger partial charge is 0.225 e. The second-order valence-electron chi connectivity index (χ2n) is 7.90. The summed E-state index contributed by atoms with van der Waals surface area (Å²) in [6, 6.07) is 16.3. The van der Waals surface area contributed by atoms with Crippen LogP contribution < -0.4 is 5.32 Å². The first-order valence-electron chi connectivity index (χ1n) is 10.3. The number of carbonyl (C=O) groups excluding carboxylic acids is 2. The lowest BCUT2D eigenvalue weighted by atomic mass is 9.81. The Morgan fingerprint density at radius 3 is 2.21 bits per heavy atom. The maximum absolute atomic E-state index is 12.9. The molecule has 0 bridgehead atoms. The molecule has 0 saturated heterocycles. The third kappa shape index (κ3) is 6.14. The topological polar surface area (TPSA) is 49.4 Å². The molecule has 4 nitrogen and oxygen atoms in total. The van der Waals surface area contributed by atoms with Gasteiger partial charge >= 0.3 is 0 Å². The number of amides is 2. The lowest BCUT2D eigenvalue weighted by molar-refractivity contribution is -0.137. The molecule has 0 radical (unpaired) electrons.